The molecule has 0 aliphatic carbocycles. The minimum absolute atomic E-state index is 0.268. The van der Waals surface area contributed by atoms with Gasteiger partial charge < -0.3 is 9.52 Å². The van der Waals surface area contributed by atoms with Crippen molar-refractivity contribution < 1.29 is 9.52 Å². The molecule has 62 valence electrons. The SMILES string of the molecule is Cc1occc1SCCCO. The third-order valence-corrected chi connectivity index (χ3v) is 2.60. The lowest BCUT2D eigenvalue weighted by atomic mass is 10.5. The molecule has 0 saturated heterocycles. The normalized spacial score (nSPS) is 10.4. The molecule has 1 heterocycles. The first-order valence-electron chi connectivity index (χ1n) is 3.62. The number of aliphatic hydroxyl groups is 1. The minimum atomic E-state index is 0.268. The van der Waals surface area contributed by atoms with Crippen molar-refractivity contribution in [3.8, 4) is 0 Å². The summed E-state index contributed by atoms with van der Waals surface area (Å²) in [5, 5.41) is 8.53. The Morgan fingerprint density at radius 1 is 1.64 bits per heavy atom. The van der Waals surface area contributed by atoms with E-state index in [2.05, 4.69) is 0 Å². The van der Waals surface area contributed by atoms with Crippen LogP contribution in [0.25, 0.3) is 0 Å². The van der Waals surface area contributed by atoms with Gasteiger partial charge >= 0.3 is 0 Å². The van der Waals surface area contributed by atoms with Crippen molar-refractivity contribution >= 4 is 11.8 Å². The number of thioether (sulfide) groups is 1. The van der Waals surface area contributed by atoms with Gasteiger partial charge in [0.1, 0.15) is 5.76 Å². The molecule has 0 radical (unpaired) electrons. The fourth-order valence-electron chi connectivity index (χ4n) is 0.770. The Hall–Kier alpha value is -0.410. The number of hydrogen-bond acceptors (Lipinski definition) is 3. The summed E-state index contributed by atoms with van der Waals surface area (Å²) in [5.41, 5.74) is 0. The van der Waals surface area contributed by atoms with Crippen LogP contribution in [0.1, 0.15) is 12.2 Å². The minimum Gasteiger partial charge on any atom is -0.468 e. The van der Waals surface area contributed by atoms with Crippen molar-refractivity contribution in [3.63, 3.8) is 0 Å². The molecule has 0 fully saturated rings. The highest BCUT2D eigenvalue weighted by Gasteiger charge is 1.99. The smallest absolute Gasteiger partial charge is 0.114 e. The van der Waals surface area contributed by atoms with Gasteiger partial charge in [0.15, 0.2) is 0 Å². The second-order valence-corrected chi connectivity index (χ2v) is 3.40. The highest BCUT2D eigenvalue weighted by Crippen LogP contribution is 2.23. The number of hydrogen-bond donors (Lipinski definition) is 1. The van der Waals surface area contributed by atoms with Gasteiger partial charge in [-0.25, -0.2) is 0 Å². The Kier molecular flexibility index (Phi) is 3.52. The van der Waals surface area contributed by atoms with Gasteiger partial charge in [-0.3, -0.25) is 0 Å². The zero-order valence-electron chi connectivity index (χ0n) is 6.54. The van der Waals surface area contributed by atoms with E-state index in [0.29, 0.717) is 0 Å². The molecule has 3 heteroatoms. The molecule has 0 aliphatic rings. The number of rotatable bonds is 4. The van der Waals surface area contributed by atoms with Crippen molar-refractivity contribution in [2.45, 2.75) is 18.2 Å². The molecule has 1 N–H and O–H groups in total. The van der Waals surface area contributed by atoms with Crippen LogP contribution in [-0.4, -0.2) is 17.5 Å². The Morgan fingerprint density at radius 3 is 3.00 bits per heavy atom. The number of aliphatic hydroxyl groups excluding tert-OH is 1. The quantitative estimate of drug-likeness (QED) is 0.557. The second kappa shape index (κ2) is 4.46. The van der Waals surface area contributed by atoms with Crippen LogP contribution in [0.2, 0.25) is 0 Å². The zero-order valence-corrected chi connectivity index (χ0v) is 7.36. The maximum Gasteiger partial charge on any atom is 0.114 e. The Bertz CT molecular complexity index is 208. The van der Waals surface area contributed by atoms with E-state index in [-0.39, 0.29) is 6.61 Å². The van der Waals surface area contributed by atoms with E-state index in [9.17, 15) is 0 Å². The van der Waals surface area contributed by atoms with Gasteiger partial charge in [0.25, 0.3) is 0 Å². The maximum atomic E-state index is 8.53. The molecule has 11 heavy (non-hydrogen) atoms. The summed E-state index contributed by atoms with van der Waals surface area (Å²) >= 11 is 1.72. The average molecular weight is 172 g/mol. The topological polar surface area (TPSA) is 33.4 Å². The molecule has 0 bridgehead atoms. The van der Waals surface area contributed by atoms with E-state index < -0.39 is 0 Å². The van der Waals surface area contributed by atoms with Crippen molar-refractivity contribution in [1.29, 1.82) is 0 Å². The van der Waals surface area contributed by atoms with Crippen LogP contribution in [-0.2, 0) is 0 Å². The molecule has 0 atom stereocenters. The van der Waals surface area contributed by atoms with Crippen LogP contribution in [0.5, 0.6) is 0 Å². The van der Waals surface area contributed by atoms with Crippen LogP contribution in [0.3, 0.4) is 0 Å². The number of furan rings is 1. The fraction of sp³-hybridized carbons (Fsp3) is 0.500. The molecule has 2 nitrogen and oxygen atoms in total. The molecular formula is C8H12O2S. The van der Waals surface area contributed by atoms with Crippen molar-refractivity contribution in [1.82, 2.24) is 0 Å². The van der Waals surface area contributed by atoms with E-state index in [1.165, 1.54) is 4.90 Å². The fourth-order valence-corrected chi connectivity index (χ4v) is 1.67. The molecule has 1 aromatic rings. The average Bonchev–Trinajstić information content (AvgIpc) is 2.37. The first kappa shape index (κ1) is 8.68. The second-order valence-electron chi connectivity index (χ2n) is 2.27. The lowest BCUT2D eigenvalue weighted by molar-refractivity contribution is 0.296. The van der Waals surface area contributed by atoms with Gasteiger partial charge in [0, 0.05) is 17.3 Å². The predicted octanol–water partition coefficient (Wildman–Crippen LogP) is 2.06. The molecule has 0 amide bonds. The molecule has 0 aliphatic heterocycles. The van der Waals surface area contributed by atoms with E-state index in [0.717, 1.165) is 17.9 Å². The summed E-state index contributed by atoms with van der Waals surface area (Å²) in [7, 11) is 0. The van der Waals surface area contributed by atoms with E-state index in [1.807, 2.05) is 13.0 Å². The first-order valence-corrected chi connectivity index (χ1v) is 4.61. The summed E-state index contributed by atoms with van der Waals surface area (Å²) < 4.78 is 5.11. The summed E-state index contributed by atoms with van der Waals surface area (Å²) in [5.74, 6) is 1.92. The molecule has 0 saturated carbocycles. The van der Waals surface area contributed by atoms with Crippen molar-refractivity contribution in [3.05, 3.63) is 18.1 Å². The summed E-state index contributed by atoms with van der Waals surface area (Å²) in [6.07, 6.45) is 2.53. The van der Waals surface area contributed by atoms with Gasteiger partial charge in [-0.15, -0.1) is 11.8 Å². The molecular weight excluding hydrogens is 160 g/mol. The van der Waals surface area contributed by atoms with Crippen LogP contribution in [0, 0.1) is 6.92 Å². The lowest BCUT2D eigenvalue weighted by Crippen LogP contribution is -1.84. The van der Waals surface area contributed by atoms with Gasteiger partial charge in [0.2, 0.25) is 0 Å². The largest absolute Gasteiger partial charge is 0.468 e. The Labute approximate surface area is 70.6 Å². The highest BCUT2D eigenvalue weighted by atomic mass is 32.2. The Morgan fingerprint density at radius 2 is 2.45 bits per heavy atom. The summed E-state index contributed by atoms with van der Waals surface area (Å²) in [6, 6.07) is 1.96. The maximum absolute atomic E-state index is 8.53. The van der Waals surface area contributed by atoms with Gasteiger partial charge in [-0.2, -0.15) is 0 Å². The molecule has 1 rings (SSSR count). The van der Waals surface area contributed by atoms with Crippen molar-refractivity contribution in [2.75, 3.05) is 12.4 Å². The standard InChI is InChI=1S/C8H12O2S/c1-7-8(3-5-10-7)11-6-2-4-9/h3,5,9H,2,4,6H2,1H3. The van der Waals surface area contributed by atoms with Crippen molar-refractivity contribution in [2.24, 2.45) is 0 Å². The summed E-state index contributed by atoms with van der Waals surface area (Å²) in [6.45, 7) is 2.21. The third kappa shape index (κ3) is 2.60. The van der Waals surface area contributed by atoms with Gasteiger partial charge in [-0.05, 0) is 19.4 Å². The van der Waals surface area contributed by atoms with E-state index >= 15 is 0 Å². The zero-order chi connectivity index (χ0) is 8.10. The van der Waals surface area contributed by atoms with Gasteiger partial charge in [-0.1, -0.05) is 0 Å². The third-order valence-electron chi connectivity index (χ3n) is 1.37. The first-order chi connectivity index (χ1) is 5.34. The Balaban J connectivity index is 2.32. The number of aryl methyl sites for hydroxylation is 1. The molecule has 0 unspecified atom stereocenters. The van der Waals surface area contributed by atoms with Crippen LogP contribution in [0.4, 0.5) is 0 Å². The van der Waals surface area contributed by atoms with E-state index in [4.69, 9.17) is 9.52 Å². The monoisotopic (exact) mass is 172 g/mol. The molecule has 1 aromatic heterocycles. The van der Waals surface area contributed by atoms with Gasteiger partial charge in [0.05, 0.1) is 6.26 Å². The lowest BCUT2D eigenvalue weighted by Gasteiger charge is -1.95. The predicted molar refractivity (Wildman–Crippen MR) is 45.9 cm³/mol. The van der Waals surface area contributed by atoms with E-state index in [1.54, 1.807) is 18.0 Å². The van der Waals surface area contributed by atoms with Crippen LogP contribution in [0.15, 0.2) is 21.6 Å². The highest BCUT2D eigenvalue weighted by molar-refractivity contribution is 7.99. The van der Waals surface area contributed by atoms with Crippen LogP contribution < -0.4 is 0 Å². The summed E-state index contributed by atoms with van der Waals surface area (Å²) in [4.78, 5) is 1.18. The van der Waals surface area contributed by atoms with Crippen LogP contribution >= 0.6 is 11.8 Å². The molecule has 0 spiro atoms. The molecule has 0 aromatic carbocycles.